The molecule has 0 fully saturated rings. The smallest absolute Gasteiger partial charge is 0.316 e. The van der Waals surface area contributed by atoms with E-state index in [0.717, 1.165) is 17.5 Å². The number of benzene rings is 2. The molecule has 2 aromatic carbocycles. The maximum atomic E-state index is 12.0. The maximum Gasteiger partial charge on any atom is 0.316 e. The minimum atomic E-state index is -0.463. The second-order valence-corrected chi connectivity index (χ2v) is 6.09. The summed E-state index contributed by atoms with van der Waals surface area (Å²) in [6, 6.07) is 15.1. The molecular formula is C18H19ClO2. The number of hydrogen-bond donors (Lipinski definition) is 0. The molecule has 0 radical (unpaired) electrons. The first kappa shape index (κ1) is 15.6. The molecule has 0 saturated heterocycles. The van der Waals surface area contributed by atoms with Gasteiger partial charge in [0.05, 0.1) is 5.41 Å². The van der Waals surface area contributed by atoms with Crippen LogP contribution in [-0.4, -0.2) is 5.97 Å². The number of hydrogen-bond acceptors (Lipinski definition) is 2. The Balaban J connectivity index is 2.12. The lowest BCUT2D eigenvalue weighted by Gasteiger charge is -2.20. The van der Waals surface area contributed by atoms with Gasteiger partial charge in [-0.15, -0.1) is 0 Å². The van der Waals surface area contributed by atoms with Gasteiger partial charge in [-0.1, -0.05) is 42.8 Å². The van der Waals surface area contributed by atoms with Crippen LogP contribution >= 0.6 is 11.6 Å². The van der Waals surface area contributed by atoms with Crippen LogP contribution in [-0.2, 0) is 4.79 Å². The molecule has 0 aliphatic rings. The Morgan fingerprint density at radius 3 is 1.95 bits per heavy atom. The van der Waals surface area contributed by atoms with Gasteiger partial charge in [0.15, 0.2) is 0 Å². The second kappa shape index (κ2) is 6.31. The molecule has 21 heavy (non-hydrogen) atoms. The summed E-state index contributed by atoms with van der Waals surface area (Å²) in [7, 11) is 0. The molecule has 0 N–H and O–H groups in total. The molecule has 0 bridgehead atoms. The van der Waals surface area contributed by atoms with Crippen molar-refractivity contribution in [3.8, 4) is 16.9 Å². The standard InChI is InChI=1S/C18H19ClO2/c1-4-18(2,3)17(20)21-16-11-7-14(8-12-16)13-5-9-15(19)10-6-13/h5-12H,4H2,1-3H3. The molecule has 0 atom stereocenters. The van der Waals surface area contributed by atoms with Gasteiger partial charge in [-0.25, -0.2) is 0 Å². The van der Waals surface area contributed by atoms with Gasteiger partial charge in [0.25, 0.3) is 0 Å². The second-order valence-electron chi connectivity index (χ2n) is 5.66. The molecule has 0 heterocycles. The minimum Gasteiger partial charge on any atom is -0.426 e. The molecule has 3 heteroatoms. The van der Waals surface area contributed by atoms with E-state index >= 15 is 0 Å². The van der Waals surface area contributed by atoms with Crippen LogP contribution < -0.4 is 4.74 Å². The summed E-state index contributed by atoms with van der Waals surface area (Å²) in [6.07, 6.45) is 0.745. The maximum absolute atomic E-state index is 12.0. The van der Waals surface area contributed by atoms with Crippen molar-refractivity contribution < 1.29 is 9.53 Å². The van der Waals surface area contributed by atoms with Crippen LogP contribution in [0.5, 0.6) is 5.75 Å². The van der Waals surface area contributed by atoms with E-state index in [-0.39, 0.29) is 5.97 Å². The molecular weight excluding hydrogens is 284 g/mol. The minimum absolute atomic E-state index is 0.204. The third-order valence-corrected chi connectivity index (χ3v) is 3.93. The van der Waals surface area contributed by atoms with Crippen LogP contribution in [0.1, 0.15) is 27.2 Å². The molecule has 0 saturated carbocycles. The monoisotopic (exact) mass is 302 g/mol. The number of carbonyl (C=O) groups is 1. The fourth-order valence-electron chi connectivity index (χ4n) is 1.75. The van der Waals surface area contributed by atoms with E-state index in [2.05, 4.69) is 0 Å². The zero-order valence-electron chi connectivity index (χ0n) is 12.5. The Morgan fingerprint density at radius 2 is 1.48 bits per heavy atom. The lowest BCUT2D eigenvalue weighted by Crippen LogP contribution is -2.28. The fourth-order valence-corrected chi connectivity index (χ4v) is 1.87. The highest BCUT2D eigenvalue weighted by Gasteiger charge is 2.27. The summed E-state index contributed by atoms with van der Waals surface area (Å²) in [4.78, 5) is 12.0. The average molecular weight is 303 g/mol. The van der Waals surface area contributed by atoms with Crippen LogP contribution in [0.3, 0.4) is 0 Å². The third-order valence-electron chi connectivity index (χ3n) is 3.68. The molecule has 0 amide bonds. The lowest BCUT2D eigenvalue weighted by molar-refractivity contribution is -0.144. The Labute approximate surface area is 130 Å². The molecule has 0 spiro atoms. The van der Waals surface area contributed by atoms with Crippen LogP contribution in [0.4, 0.5) is 0 Å². The topological polar surface area (TPSA) is 26.3 Å². The van der Waals surface area contributed by atoms with Gasteiger partial charge < -0.3 is 4.74 Å². The van der Waals surface area contributed by atoms with Gasteiger partial charge in [-0.05, 0) is 55.7 Å². The average Bonchev–Trinajstić information content (AvgIpc) is 2.49. The number of rotatable bonds is 4. The van der Waals surface area contributed by atoms with E-state index in [9.17, 15) is 4.79 Å². The number of carbonyl (C=O) groups excluding carboxylic acids is 1. The highest BCUT2D eigenvalue weighted by atomic mass is 35.5. The predicted octanol–water partition coefficient (Wildman–Crippen LogP) is 5.35. The largest absolute Gasteiger partial charge is 0.426 e. The quantitative estimate of drug-likeness (QED) is 0.562. The van der Waals surface area contributed by atoms with Gasteiger partial charge in [-0.3, -0.25) is 4.79 Å². The third kappa shape index (κ3) is 3.85. The van der Waals surface area contributed by atoms with Crippen molar-refractivity contribution in [1.29, 1.82) is 0 Å². The van der Waals surface area contributed by atoms with Crippen molar-refractivity contribution in [3.63, 3.8) is 0 Å². The Bertz CT molecular complexity index is 613. The highest BCUT2D eigenvalue weighted by molar-refractivity contribution is 6.30. The summed E-state index contributed by atoms with van der Waals surface area (Å²) in [5, 5.41) is 0.714. The molecule has 2 rings (SSSR count). The molecule has 0 unspecified atom stereocenters. The van der Waals surface area contributed by atoms with E-state index < -0.39 is 5.41 Å². The highest BCUT2D eigenvalue weighted by Crippen LogP contribution is 2.26. The number of ether oxygens (including phenoxy) is 1. The van der Waals surface area contributed by atoms with E-state index in [4.69, 9.17) is 16.3 Å². The van der Waals surface area contributed by atoms with Crippen LogP contribution in [0.15, 0.2) is 48.5 Å². The normalized spacial score (nSPS) is 11.2. The van der Waals surface area contributed by atoms with E-state index in [0.29, 0.717) is 10.8 Å². The zero-order chi connectivity index (χ0) is 15.5. The molecule has 110 valence electrons. The van der Waals surface area contributed by atoms with Crippen molar-refractivity contribution in [3.05, 3.63) is 53.6 Å². The van der Waals surface area contributed by atoms with Crippen molar-refractivity contribution in [2.75, 3.05) is 0 Å². The van der Waals surface area contributed by atoms with E-state index in [1.807, 2.05) is 69.3 Å². The molecule has 0 aliphatic heterocycles. The first-order valence-electron chi connectivity index (χ1n) is 7.00. The number of esters is 1. The molecule has 0 aromatic heterocycles. The summed E-state index contributed by atoms with van der Waals surface area (Å²) >= 11 is 5.88. The molecule has 2 nitrogen and oxygen atoms in total. The van der Waals surface area contributed by atoms with Crippen molar-refractivity contribution in [2.45, 2.75) is 27.2 Å². The SMILES string of the molecule is CCC(C)(C)C(=O)Oc1ccc(-c2ccc(Cl)cc2)cc1. The summed E-state index contributed by atoms with van der Waals surface area (Å²) in [6.45, 7) is 5.75. The van der Waals surface area contributed by atoms with Crippen LogP contribution in [0.25, 0.3) is 11.1 Å². The predicted molar refractivity (Wildman–Crippen MR) is 86.6 cm³/mol. The fraction of sp³-hybridized carbons (Fsp3) is 0.278. The molecule has 2 aromatic rings. The first-order valence-corrected chi connectivity index (χ1v) is 7.38. The van der Waals surface area contributed by atoms with Crippen molar-refractivity contribution in [1.82, 2.24) is 0 Å². The zero-order valence-corrected chi connectivity index (χ0v) is 13.3. The Hall–Kier alpha value is -1.80. The Morgan fingerprint density at radius 1 is 1.00 bits per heavy atom. The first-order chi connectivity index (χ1) is 9.92. The summed E-state index contributed by atoms with van der Waals surface area (Å²) in [5.74, 6) is 0.364. The van der Waals surface area contributed by atoms with Gasteiger partial charge in [0, 0.05) is 5.02 Å². The molecule has 0 aliphatic carbocycles. The van der Waals surface area contributed by atoms with Gasteiger partial charge in [-0.2, -0.15) is 0 Å². The summed E-state index contributed by atoms with van der Waals surface area (Å²) < 4.78 is 5.42. The van der Waals surface area contributed by atoms with Crippen LogP contribution in [0.2, 0.25) is 5.02 Å². The lowest BCUT2D eigenvalue weighted by atomic mass is 9.91. The van der Waals surface area contributed by atoms with Crippen molar-refractivity contribution >= 4 is 17.6 Å². The number of halogens is 1. The van der Waals surface area contributed by atoms with Gasteiger partial charge in [0.1, 0.15) is 5.75 Å². The Kier molecular flexibility index (Phi) is 4.69. The van der Waals surface area contributed by atoms with Gasteiger partial charge >= 0.3 is 5.97 Å². The van der Waals surface area contributed by atoms with Crippen LogP contribution in [0, 0.1) is 5.41 Å². The van der Waals surface area contributed by atoms with E-state index in [1.54, 1.807) is 0 Å². The van der Waals surface area contributed by atoms with Gasteiger partial charge in [0.2, 0.25) is 0 Å². The van der Waals surface area contributed by atoms with E-state index in [1.165, 1.54) is 0 Å². The summed E-state index contributed by atoms with van der Waals surface area (Å²) in [5.41, 5.74) is 1.67. The van der Waals surface area contributed by atoms with Crippen molar-refractivity contribution in [2.24, 2.45) is 5.41 Å².